The van der Waals surface area contributed by atoms with Crippen LogP contribution in [0.4, 0.5) is 5.69 Å². The molecule has 1 amide bonds. The molecule has 2 aromatic rings. The van der Waals surface area contributed by atoms with Crippen molar-refractivity contribution in [1.82, 2.24) is 14.9 Å². The molecule has 0 saturated carbocycles. The number of non-ortho nitro benzene ring substituents is 1. The van der Waals surface area contributed by atoms with Gasteiger partial charge in [-0.05, 0) is 6.07 Å². The lowest BCUT2D eigenvalue weighted by Gasteiger charge is -2.05. The van der Waals surface area contributed by atoms with Crippen LogP contribution in [-0.2, 0) is 0 Å². The fraction of sp³-hybridized carbons (Fsp3) is 0. The predicted molar refractivity (Wildman–Crippen MR) is 61.8 cm³/mol. The molecule has 18 heavy (non-hydrogen) atoms. The molecule has 0 fully saturated rings. The van der Waals surface area contributed by atoms with Gasteiger partial charge in [0, 0.05) is 12.1 Å². The largest absolute Gasteiger partial charge is 0.271 e. The van der Waals surface area contributed by atoms with Crippen molar-refractivity contribution in [1.29, 1.82) is 0 Å². The van der Waals surface area contributed by atoms with E-state index in [0.717, 1.165) is 6.07 Å². The Morgan fingerprint density at radius 3 is 2.67 bits per heavy atom. The monoisotopic (exact) mass is 267 g/mol. The Kier molecular flexibility index (Phi) is 3.20. The third-order valence-electron chi connectivity index (χ3n) is 2.05. The lowest BCUT2D eigenvalue weighted by molar-refractivity contribution is -0.384. The van der Waals surface area contributed by atoms with Gasteiger partial charge in [0.25, 0.3) is 11.6 Å². The molecule has 1 aromatic heterocycles. The second-order valence-electron chi connectivity index (χ2n) is 3.23. The van der Waals surface area contributed by atoms with Gasteiger partial charge in [0.2, 0.25) is 0 Å². The van der Waals surface area contributed by atoms with Gasteiger partial charge < -0.3 is 0 Å². The Bertz CT molecular complexity index is 598. The number of carbonyl (C=O) groups is 1. The molecule has 1 N–H and O–H groups in total. The maximum atomic E-state index is 11.8. The number of halogens is 1. The summed E-state index contributed by atoms with van der Waals surface area (Å²) in [6.07, 6.45) is 2.53. The van der Waals surface area contributed by atoms with Crippen molar-refractivity contribution in [3.8, 4) is 0 Å². The molecule has 92 valence electrons. The Hall–Kier alpha value is -2.48. The fourth-order valence-corrected chi connectivity index (χ4v) is 1.44. The highest BCUT2D eigenvalue weighted by molar-refractivity contribution is 6.34. The number of hydrogen-bond donors (Lipinski definition) is 1. The first-order valence-electron chi connectivity index (χ1n) is 4.68. The number of rotatable bonds is 3. The first-order valence-corrected chi connectivity index (χ1v) is 5.05. The highest BCUT2D eigenvalue weighted by Crippen LogP contribution is 2.22. The average Bonchev–Trinajstić information content (AvgIpc) is 2.81. The summed E-state index contributed by atoms with van der Waals surface area (Å²) >= 11 is 5.81. The standard InChI is InChI=1S/C9H6ClN5O3/c10-8-2-1-6(15(17)18)3-7(8)9(16)13-14-4-11-12-5-14/h1-5H,(H,13,16). The topological polar surface area (TPSA) is 103 Å². The van der Waals surface area contributed by atoms with Gasteiger partial charge in [-0.1, -0.05) is 11.6 Å². The van der Waals surface area contributed by atoms with Crippen molar-refractivity contribution in [2.45, 2.75) is 0 Å². The van der Waals surface area contributed by atoms with Crippen LogP contribution in [0.15, 0.2) is 30.9 Å². The van der Waals surface area contributed by atoms with E-state index in [1.165, 1.54) is 29.5 Å². The number of carbonyl (C=O) groups excluding carboxylic acids is 1. The number of nitrogens with one attached hydrogen (secondary N) is 1. The molecule has 0 atom stereocenters. The first-order chi connectivity index (χ1) is 8.58. The van der Waals surface area contributed by atoms with E-state index in [4.69, 9.17) is 11.6 Å². The van der Waals surface area contributed by atoms with Crippen molar-refractivity contribution in [3.63, 3.8) is 0 Å². The molecule has 1 heterocycles. The van der Waals surface area contributed by atoms with Crippen LogP contribution in [0.5, 0.6) is 0 Å². The minimum atomic E-state index is -0.605. The van der Waals surface area contributed by atoms with Crippen LogP contribution < -0.4 is 5.43 Å². The predicted octanol–water partition coefficient (Wildman–Crippen LogP) is 1.22. The zero-order valence-corrected chi connectivity index (χ0v) is 9.53. The maximum Gasteiger partial charge on any atom is 0.271 e. The van der Waals surface area contributed by atoms with Crippen molar-refractivity contribution in [2.75, 3.05) is 5.43 Å². The summed E-state index contributed by atoms with van der Waals surface area (Å²) in [4.78, 5) is 21.8. The van der Waals surface area contributed by atoms with Gasteiger partial charge in [-0.25, -0.2) is 4.68 Å². The molecule has 8 nitrogen and oxygen atoms in total. The van der Waals surface area contributed by atoms with Crippen LogP contribution in [0.25, 0.3) is 0 Å². The molecule has 0 aliphatic carbocycles. The Morgan fingerprint density at radius 1 is 1.39 bits per heavy atom. The van der Waals surface area contributed by atoms with Gasteiger partial charge in [-0.15, -0.1) is 10.2 Å². The van der Waals surface area contributed by atoms with E-state index in [1.807, 2.05) is 0 Å². The fourth-order valence-electron chi connectivity index (χ4n) is 1.24. The summed E-state index contributed by atoms with van der Waals surface area (Å²) in [5, 5.41) is 17.7. The van der Waals surface area contributed by atoms with Crippen LogP contribution in [0.2, 0.25) is 5.02 Å². The molecule has 0 bridgehead atoms. The number of nitrogens with zero attached hydrogens (tertiary/aromatic N) is 4. The number of aromatic nitrogens is 3. The molecule has 0 spiro atoms. The lowest BCUT2D eigenvalue weighted by atomic mass is 10.2. The normalized spacial score (nSPS) is 10.1. The summed E-state index contributed by atoms with van der Waals surface area (Å²) in [6, 6.07) is 3.61. The molecular formula is C9H6ClN5O3. The average molecular weight is 268 g/mol. The van der Waals surface area contributed by atoms with Crippen molar-refractivity contribution in [2.24, 2.45) is 0 Å². The minimum absolute atomic E-state index is 0.000401. The second kappa shape index (κ2) is 4.80. The van der Waals surface area contributed by atoms with Gasteiger partial charge in [0.05, 0.1) is 15.5 Å². The molecule has 0 aliphatic heterocycles. The zero-order valence-electron chi connectivity index (χ0n) is 8.78. The molecule has 0 saturated heterocycles. The minimum Gasteiger partial charge on any atom is -0.267 e. The highest BCUT2D eigenvalue weighted by atomic mass is 35.5. The number of nitro benzene ring substituents is 1. The van der Waals surface area contributed by atoms with E-state index >= 15 is 0 Å². The Labute approximate surface area is 105 Å². The SMILES string of the molecule is O=C(Nn1cnnc1)c1cc([N+](=O)[O-])ccc1Cl. The van der Waals surface area contributed by atoms with Gasteiger partial charge >= 0.3 is 0 Å². The van der Waals surface area contributed by atoms with E-state index in [2.05, 4.69) is 15.6 Å². The van der Waals surface area contributed by atoms with Crippen LogP contribution in [0.3, 0.4) is 0 Å². The number of benzene rings is 1. The van der Waals surface area contributed by atoms with E-state index in [-0.39, 0.29) is 16.3 Å². The lowest BCUT2D eigenvalue weighted by Crippen LogP contribution is -2.21. The van der Waals surface area contributed by atoms with Gasteiger partial charge in [0.1, 0.15) is 12.7 Å². The molecule has 0 radical (unpaired) electrons. The summed E-state index contributed by atoms with van der Waals surface area (Å²) in [7, 11) is 0. The van der Waals surface area contributed by atoms with Crippen molar-refractivity contribution in [3.05, 3.63) is 51.6 Å². The summed E-state index contributed by atoms with van der Waals surface area (Å²) < 4.78 is 1.21. The second-order valence-corrected chi connectivity index (χ2v) is 3.64. The summed E-state index contributed by atoms with van der Waals surface area (Å²) in [5.41, 5.74) is 2.18. The van der Waals surface area contributed by atoms with Crippen LogP contribution in [0, 0.1) is 10.1 Å². The first kappa shape index (κ1) is 12.0. The third-order valence-corrected chi connectivity index (χ3v) is 2.38. The molecule has 0 unspecified atom stereocenters. The van der Waals surface area contributed by atoms with Gasteiger partial charge in [-0.2, -0.15) is 0 Å². The number of nitro groups is 1. The van der Waals surface area contributed by atoms with E-state index in [0.29, 0.717) is 0 Å². The van der Waals surface area contributed by atoms with Crippen LogP contribution in [0.1, 0.15) is 10.4 Å². The van der Waals surface area contributed by atoms with E-state index in [9.17, 15) is 14.9 Å². The number of amides is 1. The Balaban J connectivity index is 2.29. The molecular weight excluding hydrogens is 262 g/mol. The third kappa shape index (κ3) is 2.43. The molecule has 0 aliphatic rings. The maximum absolute atomic E-state index is 11.8. The van der Waals surface area contributed by atoms with Crippen LogP contribution in [-0.4, -0.2) is 25.7 Å². The van der Waals surface area contributed by atoms with Gasteiger partial charge in [0.15, 0.2) is 0 Å². The number of hydrogen-bond acceptors (Lipinski definition) is 5. The zero-order chi connectivity index (χ0) is 13.1. The highest BCUT2D eigenvalue weighted by Gasteiger charge is 2.15. The Morgan fingerprint density at radius 2 is 2.06 bits per heavy atom. The van der Waals surface area contributed by atoms with E-state index < -0.39 is 10.8 Å². The van der Waals surface area contributed by atoms with Crippen LogP contribution >= 0.6 is 11.6 Å². The summed E-state index contributed by atoms with van der Waals surface area (Å²) in [5.74, 6) is -0.594. The van der Waals surface area contributed by atoms with Crippen molar-refractivity contribution < 1.29 is 9.72 Å². The quantitative estimate of drug-likeness (QED) is 0.665. The van der Waals surface area contributed by atoms with E-state index in [1.54, 1.807) is 0 Å². The molecule has 9 heteroatoms. The molecule has 1 aromatic carbocycles. The van der Waals surface area contributed by atoms with Crippen molar-refractivity contribution >= 4 is 23.2 Å². The summed E-state index contributed by atoms with van der Waals surface area (Å²) in [6.45, 7) is 0. The molecule has 2 rings (SSSR count). The van der Waals surface area contributed by atoms with Gasteiger partial charge in [-0.3, -0.25) is 20.3 Å². The smallest absolute Gasteiger partial charge is 0.267 e.